The van der Waals surface area contributed by atoms with E-state index in [-0.39, 0.29) is 5.92 Å². The van der Waals surface area contributed by atoms with Crippen LogP contribution in [0.2, 0.25) is 0 Å². The normalized spacial score (nSPS) is 20.0. The molecule has 0 radical (unpaired) electrons. The van der Waals surface area contributed by atoms with Gasteiger partial charge in [0, 0.05) is 25.6 Å². The third-order valence-electron chi connectivity index (χ3n) is 3.29. The standard InChI is InChI=1S/C13H26N2O/c1-3-14-11-12(2)13(16)15-9-7-5-4-6-8-10-15/h12,14H,3-11H2,1-2H3. The molecule has 0 spiro atoms. The Morgan fingerprint density at radius 2 is 1.75 bits per heavy atom. The van der Waals surface area contributed by atoms with Crippen molar-refractivity contribution in [2.75, 3.05) is 26.2 Å². The molecule has 1 heterocycles. The van der Waals surface area contributed by atoms with E-state index < -0.39 is 0 Å². The molecule has 16 heavy (non-hydrogen) atoms. The molecule has 0 aromatic carbocycles. The molecule has 94 valence electrons. The number of amides is 1. The molecule has 1 fully saturated rings. The van der Waals surface area contributed by atoms with E-state index in [2.05, 4.69) is 17.1 Å². The summed E-state index contributed by atoms with van der Waals surface area (Å²) in [7, 11) is 0. The highest BCUT2D eigenvalue weighted by Crippen LogP contribution is 2.12. The largest absolute Gasteiger partial charge is 0.342 e. The topological polar surface area (TPSA) is 32.3 Å². The minimum atomic E-state index is 0.124. The molecule has 1 unspecified atom stereocenters. The van der Waals surface area contributed by atoms with Gasteiger partial charge in [-0.25, -0.2) is 0 Å². The van der Waals surface area contributed by atoms with Crippen molar-refractivity contribution in [1.82, 2.24) is 10.2 Å². The first-order valence-corrected chi connectivity index (χ1v) is 6.75. The Labute approximate surface area is 99.6 Å². The van der Waals surface area contributed by atoms with Crippen molar-refractivity contribution >= 4 is 5.91 Å². The van der Waals surface area contributed by atoms with Gasteiger partial charge in [-0.3, -0.25) is 4.79 Å². The minimum absolute atomic E-state index is 0.124. The highest BCUT2D eigenvalue weighted by atomic mass is 16.2. The van der Waals surface area contributed by atoms with Crippen molar-refractivity contribution in [3.05, 3.63) is 0 Å². The maximum Gasteiger partial charge on any atom is 0.226 e. The van der Waals surface area contributed by atoms with Gasteiger partial charge in [-0.05, 0) is 19.4 Å². The zero-order valence-corrected chi connectivity index (χ0v) is 10.8. The molecule has 1 N–H and O–H groups in total. The van der Waals surface area contributed by atoms with Gasteiger partial charge in [0.05, 0.1) is 0 Å². The number of rotatable bonds is 4. The predicted molar refractivity (Wildman–Crippen MR) is 67.4 cm³/mol. The molecule has 3 nitrogen and oxygen atoms in total. The van der Waals surface area contributed by atoms with Crippen LogP contribution in [0.3, 0.4) is 0 Å². The van der Waals surface area contributed by atoms with Crippen molar-refractivity contribution in [1.29, 1.82) is 0 Å². The van der Waals surface area contributed by atoms with Crippen molar-refractivity contribution in [3.8, 4) is 0 Å². The second kappa shape index (κ2) is 7.66. The Kier molecular flexibility index (Phi) is 6.46. The Bertz CT molecular complexity index is 198. The van der Waals surface area contributed by atoms with Crippen LogP contribution >= 0.6 is 0 Å². The summed E-state index contributed by atoms with van der Waals surface area (Å²) in [5.41, 5.74) is 0. The van der Waals surface area contributed by atoms with Gasteiger partial charge in [0.25, 0.3) is 0 Å². The summed E-state index contributed by atoms with van der Waals surface area (Å²) in [5.74, 6) is 0.460. The van der Waals surface area contributed by atoms with Crippen LogP contribution in [-0.4, -0.2) is 37.0 Å². The Morgan fingerprint density at radius 1 is 1.19 bits per heavy atom. The molecule has 1 rings (SSSR count). The summed E-state index contributed by atoms with van der Waals surface area (Å²) in [6.45, 7) is 7.80. The molecule has 0 aliphatic carbocycles. The van der Waals surface area contributed by atoms with E-state index in [0.717, 1.165) is 26.2 Å². The number of carbonyl (C=O) groups excluding carboxylic acids is 1. The molecule has 1 aliphatic rings. The van der Waals surface area contributed by atoms with E-state index in [1.807, 2.05) is 6.92 Å². The Balaban J connectivity index is 2.37. The third kappa shape index (κ3) is 4.52. The molecule has 1 amide bonds. The number of nitrogens with one attached hydrogen (secondary N) is 1. The fraction of sp³-hybridized carbons (Fsp3) is 0.923. The van der Waals surface area contributed by atoms with Crippen molar-refractivity contribution in [3.63, 3.8) is 0 Å². The van der Waals surface area contributed by atoms with Gasteiger partial charge in [0.1, 0.15) is 0 Å². The molecule has 1 saturated heterocycles. The second-order valence-electron chi connectivity index (χ2n) is 4.80. The quantitative estimate of drug-likeness (QED) is 0.795. The zero-order chi connectivity index (χ0) is 11.8. The van der Waals surface area contributed by atoms with Gasteiger partial charge in [0.15, 0.2) is 0 Å². The van der Waals surface area contributed by atoms with Crippen LogP contribution in [0.4, 0.5) is 0 Å². The maximum atomic E-state index is 12.2. The fourth-order valence-corrected chi connectivity index (χ4v) is 2.23. The number of hydrogen-bond acceptors (Lipinski definition) is 2. The van der Waals surface area contributed by atoms with E-state index in [1.54, 1.807) is 0 Å². The van der Waals surface area contributed by atoms with E-state index >= 15 is 0 Å². The highest BCUT2D eigenvalue weighted by Gasteiger charge is 2.20. The van der Waals surface area contributed by atoms with E-state index in [4.69, 9.17) is 0 Å². The van der Waals surface area contributed by atoms with Crippen LogP contribution in [0.15, 0.2) is 0 Å². The van der Waals surface area contributed by atoms with Gasteiger partial charge < -0.3 is 10.2 Å². The first-order chi connectivity index (χ1) is 7.75. The van der Waals surface area contributed by atoms with Crippen LogP contribution in [0.25, 0.3) is 0 Å². The summed E-state index contributed by atoms with van der Waals surface area (Å²) < 4.78 is 0. The molecule has 0 saturated carbocycles. The van der Waals surface area contributed by atoms with Gasteiger partial charge in [-0.2, -0.15) is 0 Å². The highest BCUT2D eigenvalue weighted by molar-refractivity contribution is 5.78. The van der Waals surface area contributed by atoms with Crippen LogP contribution < -0.4 is 5.32 Å². The molecule has 0 bridgehead atoms. The van der Waals surface area contributed by atoms with E-state index in [1.165, 1.54) is 32.1 Å². The van der Waals surface area contributed by atoms with Gasteiger partial charge in [-0.15, -0.1) is 0 Å². The van der Waals surface area contributed by atoms with Crippen LogP contribution in [-0.2, 0) is 4.79 Å². The van der Waals surface area contributed by atoms with E-state index in [0.29, 0.717) is 5.91 Å². The number of hydrogen-bond donors (Lipinski definition) is 1. The zero-order valence-electron chi connectivity index (χ0n) is 10.8. The van der Waals surface area contributed by atoms with Crippen molar-refractivity contribution in [2.24, 2.45) is 5.92 Å². The molecule has 1 atom stereocenters. The lowest BCUT2D eigenvalue weighted by Gasteiger charge is -2.27. The summed E-state index contributed by atoms with van der Waals surface area (Å²) in [6, 6.07) is 0. The summed E-state index contributed by atoms with van der Waals surface area (Å²) in [4.78, 5) is 14.2. The molecule has 0 aromatic heterocycles. The SMILES string of the molecule is CCNCC(C)C(=O)N1CCCCCCC1. The third-order valence-corrected chi connectivity index (χ3v) is 3.29. The lowest BCUT2D eigenvalue weighted by atomic mass is 10.1. The van der Waals surface area contributed by atoms with E-state index in [9.17, 15) is 4.79 Å². The summed E-state index contributed by atoms with van der Waals surface area (Å²) in [6.07, 6.45) is 6.27. The van der Waals surface area contributed by atoms with Gasteiger partial charge >= 0.3 is 0 Å². The first-order valence-electron chi connectivity index (χ1n) is 6.75. The second-order valence-corrected chi connectivity index (χ2v) is 4.80. The first kappa shape index (κ1) is 13.5. The van der Waals surface area contributed by atoms with Crippen LogP contribution in [0.5, 0.6) is 0 Å². The maximum absolute atomic E-state index is 12.2. The van der Waals surface area contributed by atoms with Gasteiger partial charge in [-0.1, -0.05) is 33.1 Å². The Hall–Kier alpha value is -0.570. The number of carbonyl (C=O) groups is 1. The molecule has 1 aliphatic heterocycles. The smallest absolute Gasteiger partial charge is 0.226 e. The lowest BCUT2D eigenvalue weighted by molar-refractivity contribution is -0.135. The number of nitrogens with zero attached hydrogens (tertiary/aromatic N) is 1. The molecule has 0 aromatic rings. The molecule has 3 heteroatoms. The predicted octanol–water partition coefficient (Wildman–Crippen LogP) is 2.02. The lowest BCUT2D eigenvalue weighted by Crippen LogP contribution is -2.40. The van der Waals surface area contributed by atoms with Crippen LogP contribution in [0, 0.1) is 5.92 Å². The van der Waals surface area contributed by atoms with Crippen molar-refractivity contribution in [2.45, 2.75) is 46.0 Å². The summed E-state index contributed by atoms with van der Waals surface area (Å²) in [5, 5.41) is 3.25. The fourth-order valence-electron chi connectivity index (χ4n) is 2.23. The monoisotopic (exact) mass is 226 g/mol. The van der Waals surface area contributed by atoms with Gasteiger partial charge in [0.2, 0.25) is 5.91 Å². The average molecular weight is 226 g/mol. The summed E-state index contributed by atoms with van der Waals surface area (Å²) >= 11 is 0. The minimum Gasteiger partial charge on any atom is -0.342 e. The van der Waals surface area contributed by atoms with Crippen LogP contribution in [0.1, 0.15) is 46.0 Å². The average Bonchev–Trinajstić information content (AvgIpc) is 2.24. The molecular weight excluding hydrogens is 200 g/mol. The van der Waals surface area contributed by atoms with Crippen molar-refractivity contribution < 1.29 is 4.79 Å². The Morgan fingerprint density at radius 3 is 2.31 bits per heavy atom. The molecular formula is C13H26N2O. The number of likely N-dealkylation sites (tertiary alicyclic amines) is 1.